The highest BCUT2D eigenvalue weighted by atomic mass is 32.2. The molecule has 1 aromatic carbocycles. The van der Waals surface area contributed by atoms with Crippen molar-refractivity contribution in [3.05, 3.63) is 54.6 Å². The van der Waals surface area contributed by atoms with Crippen molar-refractivity contribution in [2.75, 3.05) is 0 Å². The van der Waals surface area contributed by atoms with Crippen molar-refractivity contribution < 1.29 is 18.6 Å². The van der Waals surface area contributed by atoms with Gasteiger partial charge in [-0.3, -0.25) is 0 Å². The molecule has 3 N–H and O–H groups in total. The van der Waals surface area contributed by atoms with Gasteiger partial charge in [-0.2, -0.15) is 0 Å². The van der Waals surface area contributed by atoms with Crippen molar-refractivity contribution in [3.63, 3.8) is 0 Å². The highest BCUT2D eigenvalue weighted by Gasteiger charge is 2.44. The van der Waals surface area contributed by atoms with E-state index in [4.69, 9.17) is 0 Å². The highest BCUT2D eigenvalue weighted by molar-refractivity contribution is 7.89. The zero-order chi connectivity index (χ0) is 16.4. The lowest BCUT2D eigenvalue weighted by atomic mass is 9.97. The van der Waals surface area contributed by atoms with Crippen molar-refractivity contribution in [2.45, 2.75) is 35.5 Å². The van der Waals surface area contributed by atoms with Crippen molar-refractivity contribution >= 4 is 10.0 Å². The van der Waals surface area contributed by atoms with Gasteiger partial charge in [0, 0.05) is 18.3 Å². The van der Waals surface area contributed by atoms with Crippen LogP contribution in [0.4, 0.5) is 0 Å². The molecule has 2 aromatic rings. The number of aromatic nitrogens is 2. The van der Waals surface area contributed by atoms with E-state index in [0.717, 1.165) is 0 Å². The Morgan fingerprint density at radius 1 is 1.09 bits per heavy atom. The van der Waals surface area contributed by atoms with Crippen LogP contribution < -0.4 is 4.72 Å². The molecule has 8 heteroatoms. The summed E-state index contributed by atoms with van der Waals surface area (Å²) in [5.41, 5.74) is 0.670. The van der Waals surface area contributed by atoms with Crippen LogP contribution in [0.1, 0.15) is 17.9 Å². The van der Waals surface area contributed by atoms with Gasteiger partial charge in [-0.25, -0.2) is 23.1 Å². The van der Waals surface area contributed by atoms with E-state index < -0.39 is 34.2 Å². The van der Waals surface area contributed by atoms with Gasteiger partial charge in [0.15, 0.2) is 0 Å². The van der Waals surface area contributed by atoms with E-state index in [9.17, 15) is 18.6 Å². The maximum absolute atomic E-state index is 12.5. The zero-order valence-corrected chi connectivity index (χ0v) is 13.0. The minimum Gasteiger partial charge on any atom is -0.390 e. The molecule has 122 valence electrons. The molecule has 23 heavy (non-hydrogen) atoms. The monoisotopic (exact) mass is 335 g/mol. The van der Waals surface area contributed by atoms with Crippen LogP contribution in [0.2, 0.25) is 0 Å². The number of hydrogen-bond donors (Lipinski definition) is 3. The van der Waals surface area contributed by atoms with Crippen LogP contribution >= 0.6 is 0 Å². The largest absolute Gasteiger partial charge is 0.390 e. The first-order valence-corrected chi connectivity index (χ1v) is 8.66. The summed E-state index contributed by atoms with van der Waals surface area (Å²) >= 11 is 0. The summed E-state index contributed by atoms with van der Waals surface area (Å²) in [6.07, 6.45) is 2.52. The van der Waals surface area contributed by atoms with Gasteiger partial charge in [0.05, 0.1) is 23.1 Å². The summed E-state index contributed by atoms with van der Waals surface area (Å²) in [6.45, 7) is 0. The molecule has 1 fully saturated rings. The lowest BCUT2D eigenvalue weighted by Gasteiger charge is -2.23. The standard InChI is InChI=1S/C15H17N3O4S/c19-13-6-12(10-7-16-9-17-8-10)14(15(13)20)18-23(21,22)11-4-2-1-3-5-11/h1-5,7-9,12-15,18-20H,6H2/t12-,13-,14-,15-/m1/s1. The third-order valence-electron chi connectivity index (χ3n) is 4.04. The molecule has 7 nitrogen and oxygen atoms in total. The van der Waals surface area contributed by atoms with E-state index >= 15 is 0 Å². The zero-order valence-electron chi connectivity index (χ0n) is 12.1. The smallest absolute Gasteiger partial charge is 0.240 e. The number of sulfonamides is 1. The molecular weight excluding hydrogens is 318 g/mol. The van der Waals surface area contributed by atoms with Crippen molar-refractivity contribution in [2.24, 2.45) is 0 Å². The topological polar surface area (TPSA) is 112 Å². The highest BCUT2D eigenvalue weighted by Crippen LogP contribution is 2.35. The van der Waals surface area contributed by atoms with E-state index in [2.05, 4.69) is 14.7 Å². The minimum atomic E-state index is -3.80. The number of benzene rings is 1. The number of aliphatic hydroxyl groups excluding tert-OH is 2. The fourth-order valence-corrected chi connectivity index (χ4v) is 4.18. The second-order valence-electron chi connectivity index (χ2n) is 5.53. The van der Waals surface area contributed by atoms with Crippen LogP contribution in [0, 0.1) is 0 Å². The number of hydrogen-bond acceptors (Lipinski definition) is 6. The van der Waals surface area contributed by atoms with Crippen LogP contribution in [-0.2, 0) is 10.0 Å². The molecule has 1 aromatic heterocycles. The molecule has 1 aliphatic rings. The third-order valence-corrected chi connectivity index (χ3v) is 5.52. The van der Waals surface area contributed by atoms with Crippen LogP contribution in [0.15, 0.2) is 53.9 Å². The fourth-order valence-electron chi connectivity index (χ4n) is 2.87. The summed E-state index contributed by atoms with van der Waals surface area (Å²) in [4.78, 5) is 7.94. The van der Waals surface area contributed by atoms with Gasteiger partial charge >= 0.3 is 0 Å². The molecule has 1 aliphatic carbocycles. The molecule has 0 amide bonds. The average molecular weight is 335 g/mol. The Morgan fingerprint density at radius 3 is 2.39 bits per heavy atom. The van der Waals surface area contributed by atoms with Gasteiger partial charge < -0.3 is 10.2 Å². The molecule has 0 saturated heterocycles. The van der Waals surface area contributed by atoms with Gasteiger partial charge in [-0.15, -0.1) is 0 Å². The Hall–Kier alpha value is -1.87. The van der Waals surface area contributed by atoms with E-state index in [1.807, 2.05) is 0 Å². The van der Waals surface area contributed by atoms with Gasteiger partial charge in [-0.1, -0.05) is 18.2 Å². The van der Waals surface area contributed by atoms with Gasteiger partial charge in [0.2, 0.25) is 10.0 Å². The molecule has 4 atom stereocenters. The molecule has 3 rings (SSSR count). The molecule has 0 aliphatic heterocycles. The minimum absolute atomic E-state index is 0.108. The lowest BCUT2D eigenvalue weighted by molar-refractivity contribution is 0.0338. The molecule has 0 spiro atoms. The normalized spacial score (nSPS) is 27.9. The molecule has 0 unspecified atom stereocenters. The Kier molecular flexibility index (Phi) is 4.40. The summed E-state index contributed by atoms with van der Waals surface area (Å²) in [7, 11) is -3.80. The van der Waals surface area contributed by atoms with Crippen LogP contribution in [0.3, 0.4) is 0 Å². The summed E-state index contributed by atoms with van der Waals surface area (Å²) in [6, 6.07) is 7.06. The van der Waals surface area contributed by atoms with Gasteiger partial charge in [0.1, 0.15) is 6.33 Å². The predicted molar refractivity (Wildman–Crippen MR) is 82.0 cm³/mol. The number of nitrogens with one attached hydrogen (secondary N) is 1. The Labute approximate surface area is 134 Å². The van der Waals surface area contributed by atoms with E-state index in [0.29, 0.717) is 5.56 Å². The first-order valence-electron chi connectivity index (χ1n) is 7.17. The van der Waals surface area contributed by atoms with Crippen molar-refractivity contribution in [1.82, 2.24) is 14.7 Å². The number of nitrogens with zero attached hydrogens (tertiary/aromatic N) is 2. The fraction of sp³-hybridized carbons (Fsp3) is 0.333. The first kappa shape index (κ1) is 16.0. The second-order valence-corrected chi connectivity index (χ2v) is 7.25. The third kappa shape index (κ3) is 3.25. The van der Waals surface area contributed by atoms with Gasteiger partial charge in [-0.05, 0) is 24.1 Å². The first-order chi connectivity index (χ1) is 11.0. The predicted octanol–water partition coefficient (Wildman–Crippen LogP) is 0.0328. The van der Waals surface area contributed by atoms with Crippen molar-refractivity contribution in [1.29, 1.82) is 0 Å². The SMILES string of the molecule is O=S(=O)(N[C@H]1[C@H](O)[C@H](O)C[C@@H]1c1cncnc1)c1ccccc1. The lowest BCUT2D eigenvalue weighted by Crippen LogP contribution is -2.45. The number of rotatable bonds is 4. The quantitative estimate of drug-likeness (QED) is 0.727. The van der Waals surface area contributed by atoms with Crippen LogP contribution in [-0.4, -0.2) is 46.8 Å². The number of aliphatic hydroxyl groups is 2. The summed E-state index contributed by atoms with van der Waals surface area (Å²) < 4.78 is 27.5. The molecule has 1 heterocycles. The maximum Gasteiger partial charge on any atom is 0.240 e. The summed E-state index contributed by atoms with van der Waals surface area (Å²) in [5.74, 6) is -0.403. The molecule has 1 saturated carbocycles. The van der Waals surface area contributed by atoms with E-state index in [1.165, 1.54) is 18.5 Å². The van der Waals surface area contributed by atoms with Gasteiger partial charge in [0.25, 0.3) is 0 Å². The Bertz CT molecular complexity index is 755. The van der Waals surface area contributed by atoms with E-state index in [1.54, 1.807) is 30.6 Å². The Morgan fingerprint density at radius 2 is 1.74 bits per heavy atom. The molecule has 0 bridgehead atoms. The van der Waals surface area contributed by atoms with Crippen LogP contribution in [0.5, 0.6) is 0 Å². The maximum atomic E-state index is 12.5. The second kappa shape index (κ2) is 6.32. The molecular formula is C15H17N3O4S. The van der Waals surface area contributed by atoms with Crippen molar-refractivity contribution in [3.8, 4) is 0 Å². The summed E-state index contributed by atoms with van der Waals surface area (Å²) in [5, 5.41) is 20.1. The molecule has 0 radical (unpaired) electrons. The van der Waals surface area contributed by atoms with Crippen LogP contribution in [0.25, 0.3) is 0 Å². The average Bonchev–Trinajstić information content (AvgIpc) is 2.84. The van der Waals surface area contributed by atoms with E-state index in [-0.39, 0.29) is 11.3 Å². The Balaban J connectivity index is 1.90.